The minimum absolute atomic E-state index is 0.291. The monoisotopic (exact) mass is 462 g/mol. The maximum absolute atomic E-state index is 13.6. The molecule has 0 aliphatic carbocycles. The van der Waals surface area contributed by atoms with Crippen LogP contribution in [-0.4, -0.2) is 9.55 Å². The Hall–Kier alpha value is -2.77. The van der Waals surface area contributed by atoms with Crippen molar-refractivity contribution >= 4 is 23.4 Å². The van der Waals surface area contributed by atoms with Gasteiger partial charge in [0.05, 0.1) is 6.20 Å². The fourth-order valence-corrected chi connectivity index (χ4v) is 4.43. The number of thioether (sulfide) groups is 1. The highest BCUT2D eigenvalue weighted by molar-refractivity contribution is 7.98. The predicted octanol–water partition coefficient (Wildman–Crippen LogP) is 6.97. The van der Waals surface area contributed by atoms with Gasteiger partial charge in [-0.15, -0.1) is 0 Å². The molecule has 0 fully saturated rings. The molecule has 4 aromatic rings. The average Bonchev–Trinajstić information content (AvgIpc) is 3.13. The Labute approximate surface area is 185 Å². The van der Waals surface area contributed by atoms with Crippen molar-refractivity contribution in [3.8, 4) is 5.69 Å². The molecule has 1 heterocycles. The van der Waals surface area contributed by atoms with Gasteiger partial charge >= 0.3 is 0 Å². The summed E-state index contributed by atoms with van der Waals surface area (Å²) < 4.78 is 55.5. The van der Waals surface area contributed by atoms with E-state index in [-0.39, 0.29) is 5.82 Å². The summed E-state index contributed by atoms with van der Waals surface area (Å²) in [6.07, 6.45) is 1.93. The van der Waals surface area contributed by atoms with E-state index in [1.807, 2.05) is 4.57 Å². The van der Waals surface area contributed by atoms with Gasteiger partial charge in [-0.05, 0) is 59.7 Å². The van der Waals surface area contributed by atoms with Crippen molar-refractivity contribution < 1.29 is 17.6 Å². The Balaban J connectivity index is 1.67. The smallest absolute Gasteiger partial charge is 0.173 e. The second kappa shape index (κ2) is 9.16. The van der Waals surface area contributed by atoms with E-state index in [2.05, 4.69) is 4.98 Å². The fraction of sp³-hybridized carbons (Fsp3) is 0.0870. The summed E-state index contributed by atoms with van der Waals surface area (Å²) in [4.78, 5) is 4.46. The lowest BCUT2D eigenvalue weighted by atomic mass is 10.1. The van der Waals surface area contributed by atoms with Gasteiger partial charge in [0, 0.05) is 28.6 Å². The molecule has 0 amide bonds. The molecule has 4 rings (SSSR count). The molecule has 2 nitrogen and oxygen atoms in total. The van der Waals surface area contributed by atoms with Crippen molar-refractivity contribution in [1.82, 2.24) is 9.55 Å². The second-order valence-electron chi connectivity index (χ2n) is 6.79. The number of hydrogen-bond donors (Lipinski definition) is 0. The van der Waals surface area contributed by atoms with Gasteiger partial charge in [-0.3, -0.25) is 4.57 Å². The Bertz CT molecular complexity index is 1220. The van der Waals surface area contributed by atoms with Crippen LogP contribution in [0.3, 0.4) is 0 Å². The van der Waals surface area contributed by atoms with Gasteiger partial charge in [-0.1, -0.05) is 35.5 Å². The topological polar surface area (TPSA) is 17.8 Å². The molecule has 8 heteroatoms. The average molecular weight is 463 g/mol. The van der Waals surface area contributed by atoms with Gasteiger partial charge in [0.2, 0.25) is 0 Å². The standard InChI is InChI=1S/C23H15ClF4N2S/c24-20-11-17(26)3-2-15(20)13-31-23-29-12-19(9-14-1-8-21(27)22(28)10-14)30(23)18-6-4-16(25)5-7-18/h1-8,10-12H,9,13H2. The van der Waals surface area contributed by atoms with E-state index in [1.54, 1.807) is 24.4 Å². The number of benzene rings is 3. The number of hydrogen-bond acceptors (Lipinski definition) is 2. The molecule has 0 atom stereocenters. The maximum atomic E-state index is 13.6. The SMILES string of the molecule is Fc1ccc(-n2c(Cc3ccc(F)c(F)c3)cnc2SCc2ccc(F)cc2Cl)cc1. The zero-order chi connectivity index (χ0) is 22.0. The first-order valence-corrected chi connectivity index (χ1v) is 10.6. The molecule has 0 unspecified atom stereocenters. The first-order chi connectivity index (χ1) is 14.9. The molecule has 1 aromatic heterocycles. The van der Waals surface area contributed by atoms with E-state index in [0.717, 1.165) is 17.7 Å². The number of rotatable bonds is 6. The number of halogens is 5. The van der Waals surface area contributed by atoms with Crippen molar-refractivity contribution in [3.05, 3.63) is 112 Å². The third-order valence-corrected chi connectivity index (χ3v) is 5.98. The van der Waals surface area contributed by atoms with Gasteiger partial charge < -0.3 is 0 Å². The van der Waals surface area contributed by atoms with Crippen LogP contribution in [0.2, 0.25) is 5.02 Å². The van der Waals surface area contributed by atoms with Crippen LogP contribution < -0.4 is 0 Å². The molecule has 0 bridgehead atoms. The minimum atomic E-state index is -0.925. The molecule has 0 N–H and O–H groups in total. The highest BCUT2D eigenvalue weighted by Crippen LogP contribution is 2.30. The summed E-state index contributed by atoms with van der Waals surface area (Å²) in [5, 5.41) is 0.916. The zero-order valence-corrected chi connectivity index (χ0v) is 17.5. The van der Waals surface area contributed by atoms with Crippen LogP contribution in [-0.2, 0) is 12.2 Å². The van der Waals surface area contributed by atoms with E-state index < -0.39 is 17.5 Å². The van der Waals surface area contributed by atoms with E-state index in [1.165, 1.54) is 42.1 Å². The van der Waals surface area contributed by atoms with Gasteiger partial charge in [0.1, 0.15) is 11.6 Å². The quantitative estimate of drug-likeness (QED) is 0.227. The maximum Gasteiger partial charge on any atom is 0.173 e. The zero-order valence-electron chi connectivity index (χ0n) is 16.0. The number of imidazole rings is 1. The highest BCUT2D eigenvalue weighted by Gasteiger charge is 2.15. The van der Waals surface area contributed by atoms with Crippen LogP contribution in [0, 0.1) is 23.3 Å². The Kier molecular flexibility index (Phi) is 6.34. The number of nitrogens with zero attached hydrogens (tertiary/aromatic N) is 2. The Morgan fingerprint density at radius 3 is 2.29 bits per heavy atom. The van der Waals surface area contributed by atoms with Crippen molar-refractivity contribution in [3.63, 3.8) is 0 Å². The van der Waals surface area contributed by atoms with Crippen LogP contribution in [0.1, 0.15) is 16.8 Å². The molecular formula is C23H15ClF4N2S. The van der Waals surface area contributed by atoms with E-state index in [4.69, 9.17) is 11.6 Å². The third kappa shape index (κ3) is 4.94. The second-order valence-corrected chi connectivity index (χ2v) is 8.14. The Morgan fingerprint density at radius 2 is 1.58 bits per heavy atom. The number of aromatic nitrogens is 2. The molecule has 0 radical (unpaired) electrons. The van der Waals surface area contributed by atoms with Gasteiger partial charge in [0.15, 0.2) is 16.8 Å². The summed E-state index contributed by atoms with van der Waals surface area (Å²) in [5.74, 6) is -2.20. The largest absolute Gasteiger partial charge is 0.291 e. The summed E-state index contributed by atoms with van der Waals surface area (Å²) >= 11 is 7.50. The third-order valence-electron chi connectivity index (χ3n) is 4.63. The van der Waals surface area contributed by atoms with Crippen LogP contribution in [0.25, 0.3) is 5.69 Å². The lowest BCUT2D eigenvalue weighted by molar-refractivity contribution is 0.507. The normalized spacial score (nSPS) is 11.1. The van der Waals surface area contributed by atoms with Gasteiger partial charge in [-0.2, -0.15) is 0 Å². The van der Waals surface area contributed by atoms with Crippen LogP contribution in [0.5, 0.6) is 0 Å². The first-order valence-electron chi connectivity index (χ1n) is 9.24. The van der Waals surface area contributed by atoms with Crippen molar-refractivity contribution in [2.75, 3.05) is 0 Å². The molecule has 158 valence electrons. The van der Waals surface area contributed by atoms with Crippen LogP contribution in [0.15, 0.2) is 72.0 Å². The molecule has 0 aliphatic heterocycles. The first kappa shape index (κ1) is 21.5. The van der Waals surface area contributed by atoms with E-state index in [0.29, 0.717) is 39.3 Å². The van der Waals surface area contributed by atoms with Crippen molar-refractivity contribution in [2.45, 2.75) is 17.3 Å². The Morgan fingerprint density at radius 1 is 0.839 bits per heavy atom. The van der Waals surface area contributed by atoms with Crippen LogP contribution >= 0.6 is 23.4 Å². The van der Waals surface area contributed by atoms with E-state index >= 15 is 0 Å². The minimum Gasteiger partial charge on any atom is -0.291 e. The van der Waals surface area contributed by atoms with Gasteiger partial charge in [-0.25, -0.2) is 22.5 Å². The van der Waals surface area contributed by atoms with E-state index in [9.17, 15) is 17.6 Å². The lowest BCUT2D eigenvalue weighted by Gasteiger charge is -2.13. The van der Waals surface area contributed by atoms with Gasteiger partial charge in [0.25, 0.3) is 0 Å². The molecular weight excluding hydrogens is 448 g/mol. The molecule has 0 aliphatic rings. The van der Waals surface area contributed by atoms with Crippen molar-refractivity contribution in [1.29, 1.82) is 0 Å². The molecule has 0 spiro atoms. The van der Waals surface area contributed by atoms with Crippen molar-refractivity contribution in [2.24, 2.45) is 0 Å². The molecule has 0 saturated heterocycles. The summed E-state index contributed by atoms with van der Waals surface area (Å²) in [6.45, 7) is 0. The molecule has 3 aromatic carbocycles. The highest BCUT2D eigenvalue weighted by atomic mass is 35.5. The fourth-order valence-electron chi connectivity index (χ4n) is 3.10. The summed E-state index contributed by atoms with van der Waals surface area (Å²) in [7, 11) is 0. The van der Waals surface area contributed by atoms with Crippen LogP contribution in [0.4, 0.5) is 17.6 Å². The molecule has 0 saturated carbocycles. The lowest BCUT2D eigenvalue weighted by Crippen LogP contribution is -2.03. The predicted molar refractivity (Wildman–Crippen MR) is 114 cm³/mol. The molecule has 31 heavy (non-hydrogen) atoms. The summed E-state index contributed by atoms with van der Waals surface area (Å²) in [5.41, 5.74) is 2.69. The summed E-state index contributed by atoms with van der Waals surface area (Å²) in [6, 6.07) is 13.8.